The van der Waals surface area contributed by atoms with E-state index >= 15 is 0 Å². The maximum atomic E-state index is 12.9. The van der Waals surface area contributed by atoms with Gasteiger partial charge in [-0.2, -0.15) is 14.8 Å². The largest absolute Gasteiger partial charge is 0.486 e. The van der Waals surface area contributed by atoms with E-state index in [0.29, 0.717) is 30.3 Å². The lowest BCUT2D eigenvalue weighted by Gasteiger charge is -2.20. The van der Waals surface area contributed by atoms with Crippen molar-refractivity contribution in [2.24, 2.45) is 0 Å². The lowest BCUT2D eigenvalue weighted by Crippen LogP contribution is -2.32. The second-order valence-electron chi connectivity index (χ2n) is 7.47. The summed E-state index contributed by atoms with van der Waals surface area (Å²) in [6, 6.07) is 14.0. The molecule has 0 unspecified atom stereocenters. The summed E-state index contributed by atoms with van der Waals surface area (Å²) in [5.41, 5.74) is 0.743. The van der Waals surface area contributed by atoms with E-state index < -0.39 is 15.9 Å². The molecule has 1 amide bonds. The van der Waals surface area contributed by atoms with Gasteiger partial charge in [0.25, 0.3) is 5.91 Å². The van der Waals surface area contributed by atoms with Gasteiger partial charge in [0, 0.05) is 37.1 Å². The molecule has 0 aliphatic carbocycles. The Morgan fingerprint density at radius 3 is 2.31 bits per heavy atom. The third kappa shape index (κ3) is 5.43. The molecule has 1 aliphatic rings. The average molecular weight is 509 g/mol. The zero-order chi connectivity index (χ0) is 25.5. The Balaban J connectivity index is 1.45. The van der Waals surface area contributed by atoms with Gasteiger partial charge in [-0.1, -0.05) is 5.10 Å². The number of carbonyl (C=O) groups excluding carboxylic acids is 1. The van der Waals surface area contributed by atoms with E-state index in [4.69, 9.17) is 24.4 Å². The van der Waals surface area contributed by atoms with Crippen LogP contribution in [0, 0.1) is 22.7 Å². The molecule has 1 aromatic heterocycles. The summed E-state index contributed by atoms with van der Waals surface area (Å²) in [6.45, 7) is 0.827. The van der Waals surface area contributed by atoms with E-state index in [-0.39, 0.29) is 48.3 Å². The maximum Gasteiger partial charge on any atom is 0.322 e. The predicted octanol–water partition coefficient (Wildman–Crippen LogP) is 2.58. The number of benzene rings is 2. The number of nitriles is 2. The van der Waals surface area contributed by atoms with Crippen molar-refractivity contribution in [3.05, 3.63) is 48.0 Å². The molecule has 0 saturated carbocycles. The molecule has 0 spiro atoms. The Morgan fingerprint density at radius 2 is 1.64 bits per heavy atom. The number of hydrogen-bond acceptors (Lipinski definition) is 10. The van der Waals surface area contributed by atoms with E-state index in [1.165, 1.54) is 24.3 Å². The van der Waals surface area contributed by atoms with Gasteiger partial charge >= 0.3 is 6.01 Å². The number of carbonyl (C=O) groups is 1. The Hall–Kier alpha value is -4.46. The van der Waals surface area contributed by atoms with Gasteiger partial charge in [-0.05, 0) is 42.5 Å². The fourth-order valence-electron chi connectivity index (χ4n) is 3.36. The SMILES string of the molecule is N#CCCN(CCC#N)S(=O)(=O)c1ccc(C(=O)Nc2nnc(-c3ccc4c(c3)OCCO4)o2)cc1. The van der Waals surface area contributed by atoms with Crippen molar-refractivity contribution in [1.29, 1.82) is 10.5 Å². The molecular formula is C23H20N6O6S. The first-order chi connectivity index (χ1) is 17.4. The topological polar surface area (TPSA) is 171 Å². The molecule has 13 heteroatoms. The molecule has 4 rings (SSSR count). The van der Waals surface area contributed by atoms with E-state index in [9.17, 15) is 13.2 Å². The molecule has 0 radical (unpaired) electrons. The number of sulfonamides is 1. The average Bonchev–Trinajstić information content (AvgIpc) is 3.37. The first kappa shape index (κ1) is 24.7. The van der Waals surface area contributed by atoms with E-state index in [1.807, 2.05) is 12.1 Å². The third-order valence-electron chi connectivity index (χ3n) is 5.13. The van der Waals surface area contributed by atoms with Gasteiger partial charge < -0.3 is 13.9 Å². The lowest BCUT2D eigenvalue weighted by molar-refractivity contribution is 0.102. The Kier molecular flexibility index (Phi) is 7.44. The summed E-state index contributed by atoms with van der Waals surface area (Å²) in [5, 5.41) is 27.9. The molecule has 184 valence electrons. The highest BCUT2D eigenvalue weighted by atomic mass is 32.2. The summed E-state index contributed by atoms with van der Waals surface area (Å²) in [6.07, 6.45) is -0.0207. The van der Waals surface area contributed by atoms with Crippen molar-refractivity contribution in [1.82, 2.24) is 14.5 Å². The fraction of sp³-hybridized carbons (Fsp3) is 0.261. The van der Waals surface area contributed by atoms with Crippen molar-refractivity contribution >= 4 is 21.9 Å². The van der Waals surface area contributed by atoms with Crippen LogP contribution in [0.2, 0.25) is 0 Å². The van der Waals surface area contributed by atoms with Crippen LogP contribution in [0.1, 0.15) is 23.2 Å². The second-order valence-corrected chi connectivity index (χ2v) is 9.41. The third-order valence-corrected chi connectivity index (χ3v) is 7.05. The van der Waals surface area contributed by atoms with Crippen LogP contribution in [0.15, 0.2) is 51.8 Å². The van der Waals surface area contributed by atoms with Gasteiger partial charge in [0.1, 0.15) is 13.2 Å². The molecular weight excluding hydrogens is 488 g/mol. The molecule has 12 nitrogen and oxygen atoms in total. The molecule has 2 heterocycles. The number of rotatable bonds is 9. The number of fused-ring (bicyclic) bond motifs is 1. The molecule has 36 heavy (non-hydrogen) atoms. The van der Waals surface area contributed by atoms with Crippen LogP contribution in [-0.4, -0.2) is 55.1 Å². The van der Waals surface area contributed by atoms with Crippen LogP contribution in [0.5, 0.6) is 11.5 Å². The van der Waals surface area contributed by atoms with Crippen molar-refractivity contribution < 1.29 is 27.1 Å². The van der Waals surface area contributed by atoms with Crippen molar-refractivity contribution in [3.8, 4) is 35.1 Å². The lowest BCUT2D eigenvalue weighted by atomic mass is 10.2. The predicted molar refractivity (Wildman–Crippen MR) is 124 cm³/mol. The number of anilines is 1. The van der Waals surface area contributed by atoms with Gasteiger partial charge in [0.15, 0.2) is 11.5 Å². The first-order valence-corrected chi connectivity index (χ1v) is 12.3. The Morgan fingerprint density at radius 1 is 0.972 bits per heavy atom. The van der Waals surface area contributed by atoms with Crippen molar-refractivity contribution in [3.63, 3.8) is 0 Å². The van der Waals surface area contributed by atoms with Crippen LogP contribution < -0.4 is 14.8 Å². The highest BCUT2D eigenvalue weighted by Crippen LogP contribution is 2.34. The van der Waals surface area contributed by atoms with Gasteiger partial charge in [0.05, 0.1) is 17.0 Å². The zero-order valence-corrected chi connectivity index (χ0v) is 19.7. The highest BCUT2D eigenvalue weighted by molar-refractivity contribution is 7.89. The molecule has 3 aromatic rings. The maximum absolute atomic E-state index is 12.9. The smallest absolute Gasteiger partial charge is 0.322 e. The summed E-state index contributed by atoms with van der Waals surface area (Å²) in [7, 11) is -3.94. The molecule has 0 saturated heterocycles. The quantitative estimate of drug-likeness (QED) is 0.453. The summed E-state index contributed by atoms with van der Waals surface area (Å²) in [5.74, 6) is 0.749. The Labute approximate surface area is 206 Å². The van der Waals surface area contributed by atoms with E-state index in [2.05, 4.69) is 15.5 Å². The van der Waals surface area contributed by atoms with Gasteiger partial charge in [0.2, 0.25) is 15.9 Å². The molecule has 2 aromatic carbocycles. The first-order valence-electron chi connectivity index (χ1n) is 10.8. The summed E-state index contributed by atoms with van der Waals surface area (Å²) >= 11 is 0. The number of nitrogens with one attached hydrogen (secondary N) is 1. The van der Waals surface area contributed by atoms with Gasteiger partial charge in [-0.15, -0.1) is 5.10 Å². The van der Waals surface area contributed by atoms with Crippen LogP contribution in [-0.2, 0) is 10.0 Å². The minimum absolute atomic E-state index is 0.0103. The van der Waals surface area contributed by atoms with E-state index in [1.54, 1.807) is 18.2 Å². The summed E-state index contributed by atoms with van der Waals surface area (Å²) < 4.78 is 43.4. The number of ether oxygens (including phenoxy) is 2. The number of aromatic nitrogens is 2. The van der Waals surface area contributed by atoms with E-state index in [0.717, 1.165) is 4.31 Å². The molecule has 1 N–H and O–H groups in total. The van der Waals surface area contributed by atoms with Crippen molar-refractivity contribution in [2.45, 2.75) is 17.7 Å². The summed E-state index contributed by atoms with van der Waals surface area (Å²) in [4.78, 5) is 12.6. The minimum atomic E-state index is -3.94. The normalized spacial score (nSPS) is 12.5. The number of amides is 1. The molecule has 0 atom stereocenters. The molecule has 0 bridgehead atoms. The number of nitrogens with zero attached hydrogens (tertiary/aromatic N) is 5. The standard InChI is InChI=1S/C23H20N6O6S/c24-9-1-11-29(12-2-10-25)36(31,32)18-6-3-16(4-7-18)21(30)26-23-28-27-22(35-23)17-5-8-19-20(15-17)34-14-13-33-19/h3-8,15H,1-2,11-14H2,(H,26,28,30). The van der Waals surface area contributed by atoms with Gasteiger partial charge in [-0.25, -0.2) is 8.42 Å². The minimum Gasteiger partial charge on any atom is -0.486 e. The zero-order valence-electron chi connectivity index (χ0n) is 18.9. The van der Waals surface area contributed by atoms with Crippen LogP contribution >= 0.6 is 0 Å². The monoisotopic (exact) mass is 508 g/mol. The number of hydrogen-bond donors (Lipinski definition) is 1. The van der Waals surface area contributed by atoms with Crippen LogP contribution in [0.4, 0.5) is 6.01 Å². The van der Waals surface area contributed by atoms with Crippen LogP contribution in [0.3, 0.4) is 0 Å². The van der Waals surface area contributed by atoms with Crippen LogP contribution in [0.25, 0.3) is 11.5 Å². The van der Waals surface area contributed by atoms with Gasteiger partial charge in [-0.3, -0.25) is 10.1 Å². The molecule has 1 aliphatic heterocycles. The fourth-order valence-corrected chi connectivity index (χ4v) is 4.81. The highest BCUT2D eigenvalue weighted by Gasteiger charge is 2.24. The van der Waals surface area contributed by atoms with Crippen molar-refractivity contribution in [2.75, 3.05) is 31.6 Å². The Bertz CT molecular complexity index is 1420. The second kappa shape index (κ2) is 10.9. The molecule has 0 fully saturated rings.